The van der Waals surface area contributed by atoms with Gasteiger partial charge in [0.25, 0.3) is 0 Å². The molecule has 3 heteroatoms. The summed E-state index contributed by atoms with van der Waals surface area (Å²) < 4.78 is 0. The van der Waals surface area contributed by atoms with Gasteiger partial charge >= 0.3 is 0 Å². The monoisotopic (exact) mass is 169 g/mol. The molecule has 69 valence electrons. The normalized spacial score (nSPS) is 20.8. The maximum atomic E-state index is 11.0. The summed E-state index contributed by atoms with van der Waals surface area (Å²) >= 11 is 0. The van der Waals surface area contributed by atoms with E-state index in [1.165, 1.54) is 25.7 Å². The summed E-state index contributed by atoms with van der Waals surface area (Å²) in [6.45, 7) is 3.78. The Morgan fingerprint density at radius 3 is 2.67 bits per heavy atom. The third-order valence-corrected chi connectivity index (χ3v) is 2.61. The predicted octanol–water partition coefficient (Wildman–Crippen LogP) is 1.01. The number of amides is 1. The van der Waals surface area contributed by atoms with E-state index in [-0.39, 0.29) is 11.8 Å². The van der Waals surface area contributed by atoms with Gasteiger partial charge in [-0.2, -0.15) is 0 Å². The molecule has 3 N–H and O–H groups in total. The van der Waals surface area contributed by atoms with Crippen LogP contribution in [0.1, 0.15) is 32.1 Å². The van der Waals surface area contributed by atoms with Gasteiger partial charge < -0.3 is 0 Å². The van der Waals surface area contributed by atoms with E-state index in [1.54, 1.807) is 0 Å². The molecule has 12 heavy (non-hydrogen) atoms. The Balaban J connectivity index is 2.24. The third-order valence-electron chi connectivity index (χ3n) is 2.61. The molecule has 1 radical (unpaired) electrons. The van der Waals surface area contributed by atoms with Crippen LogP contribution in [0.15, 0.2) is 0 Å². The van der Waals surface area contributed by atoms with Gasteiger partial charge in [0.1, 0.15) is 0 Å². The topological polar surface area (TPSA) is 55.1 Å². The molecule has 1 unspecified atom stereocenters. The number of carbonyl (C=O) groups is 1. The van der Waals surface area contributed by atoms with Crippen LogP contribution in [0.25, 0.3) is 0 Å². The van der Waals surface area contributed by atoms with Gasteiger partial charge in [0, 0.05) is 5.92 Å². The molecule has 0 heterocycles. The molecule has 1 aliphatic rings. The van der Waals surface area contributed by atoms with Crippen LogP contribution >= 0.6 is 0 Å². The second kappa shape index (κ2) is 4.45. The Hall–Kier alpha value is -0.570. The second-order valence-electron chi connectivity index (χ2n) is 3.59. The number of rotatable bonds is 3. The lowest BCUT2D eigenvalue weighted by Gasteiger charge is -2.13. The van der Waals surface area contributed by atoms with Crippen LogP contribution in [0.2, 0.25) is 0 Å². The molecular weight excluding hydrogens is 152 g/mol. The molecule has 1 saturated carbocycles. The third kappa shape index (κ3) is 2.48. The van der Waals surface area contributed by atoms with E-state index in [0.29, 0.717) is 5.92 Å². The molecule has 1 atom stereocenters. The first-order valence-electron chi connectivity index (χ1n) is 4.57. The maximum absolute atomic E-state index is 11.0. The zero-order chi connectivity index (χ0) is 8.97. The number of hydrazine groups is 1. The first-order chi connectivity index (χ1) is 5.74. The van der Waals surface area contributed by atoms with E-state index in [4.69, 9.17) is 5.84 Å². The Labute approximate surface area is 73.7 Å². The van der Waals surface area contributed by atoms with Gasteiger partial charge in [-0.05, 0) is 19.3 Å². The van der Waals surface area contributed by atoms with Crippen molar-refractivity contribution >= 4 is 5.91 Å². The Morgan fingerprint density at radius 2 is 2.17 bits per heavy atom. The molecule has 0 saturated heterocycles. The second-order valence-corrected chi connectivity index (χ2v) is 3.59. The average Bonchev–Trinajstić information content (AvgIpc) is 2.55. The van der Waals surface area contributed by atoms with Crippen molar-refractivity contribution in [1.29, 1.82) is 0 Å². The molecule has 0 aromatic heterocycles. The smallest absolute Gasteiger partial charge is 0.236 e. The summed E-state index contributed by atoms with van der Waals surface area (Å²) in [6, 6.07) is 0. The molecule has 0 spiro atoms. The lowest BCUT2D eigenvalue weighted by molar-refractivity contribution is -0.124. The highest BCUT2D eigenvalue weighted by Gasteiger charge is 2.21. The summed E-state index contributed by atoms with van der Waals surface area (Å²) in [5, 5.41) is 0. The molecular formula is C9H17N2O. The number of carbonyl (C=O) groups excluding carboxylic acids is 1. The molecule has 1 fully saturated rings. The van der Waals surface area contributed by atoms with Crippen molar-refractivity contribution < 1.29 is 4.79 Å². The standard InChI is InChI=1S/C9H17N2O/c1-7(9(12)11-10)6-8-4-2-3-5-8/h7-8H,1-6,10H2,(H,11,12). The van der Waals surface area contributed by atoms with E-state index in [9.17, 15) is 4.79 Å². The highest BCUT2D eigenvalue weighted by Crippen LogP contribution is 2.29. The molecule has 3 nitrogen and oxygen atoms in total. The fourth-order valence-electron chi connectivity index (χ4n) is 1.87. The number of nitrogens with one attached hydrogen (secondary N) is 1. The van der Waals surface area contributed by atoms with Gasteiger partial charge in [0.05, 0.1) is 0 Å². The quantitative estimate of drug-likeness (QED) is 0.376. The Kier molecular flexibility index (Phi) is 3.53. The average molecular weight is 169 g/mol. The summed E-state index contributed by atoms with van der Waals surface area (Å²) in [5.41, 5.74) is 2.14. The van der Waals surface area contributed by atoms with Gasteiger partial charge in [-0.25, -0.2) is 5.84 Å². The van der Waals surface area contributed by atoms with E-state index < -0.39 is 0 Å². The van der Waals surface area contributed by atoms with Crippen LogP contribution in [0.3, 0.4) is 0 Å². The van der Waals surface area contributed by atoms with E-state index in [2.05, 4.69) is 12.3 Å². The predicted molar refractivity (Wildman–Crippen MR) is 47.8 cm³/mol. The minimum atomic E-state index is -0.168. The summed E-state index contributed by atoms with van der Waals surface area (Å²) in [5.74, 6) is 5.40. The van der Waals surface area contributed by atoms with Crippen molar-refractivity contribution in [2.24, 2.45) is 17.7 Å². The van der Waals surface area contributed by atoms with Crippen LogP contribution in [0.4, 0.5) is 0 Å². The molecule has 1 amide bonds. The van der Waals surface area contributed by atoms with Crippen molar-refractivity contribution in [3.8, 4) is 0 Å². The molecule has 1 rings (SSSR count). The molecule has 0 bridgehead atoms. The minimum absolute atomic E-state index is 0.137. The van der Waals surface area contributed by atoms with Crippen molar-refractivity contribution in [3.05, 3.63) is 6.92 Å². The highest BCUT2D eigenvalue weighted by molar-refractivity contribution is 5.78. The number of nitrogens with two attached hydrogens (primary N) is 1. The molecule has 0 aromatic rings. The van der Waals surface area contributed by atoms with Crippen LogP contribution in [0.5, 0.6) is 0 Å². The fourth-order valence-corrected chi connectivity index (χ4v) is 1.87. The lowest BCUT2D eigenvalue weighted by atomic mass is 9.94. The Bertz CT molecular complexity index is 153. The minimum Gasteiger partial charge on any atom is -0.294 e. The lowest BCUT2D eigenvalue weighted by Crippen LogP contribution is -2.35. The van der Waals surface area contributed by atoms with Gasteiger partial charge in [0.2, 0.25) is 5.91 Å². The van der Waals surface area contributed by atoms with E-state index >= 15 is 0 Å². The van der Waals surface area contributed by atoms with Gasteiger partial charge in [-0.3, -0.25) is 10.2 Å². The maximum Gasteiger partial charge on any atom is 0.236 e. The number of hydrogen-bond acceptors (Lipinski definition) is 2. The highest BCUT2D eigenvalue weighted by atomic mass is 16.2. The summed E-state index contributed by atoms with van der Waals surface area (Å²) in [7, 11) is 0. The molecule has 0 aromatic carbocycles. The Morgan fingerprint density at radius 1 is 1.58 bits per heavy atom. The SMILES string of the molecule is [CH2]C(CC1CCCC1)C(=O)NN. The summed E-state index contributed by atoms with van der Waals surface area (Å²) in [6.07, 6.45) is 6.01. The summed E-state index contributed by atoms with van der Waals surface area (Å²) in [4.78, 5) is 11.0. The van der Waals surface area contributed by atoms with E-state index in [1.807, 2.05) is 0 Å². The van der Waals surface area contributed by atoms with Crippen molar-refractivity contribution in [2.75, 3.05) is 0 Å². The van der Waals surface area contributed by atoms with Crippen LogP contribution in [0, 0.1) is 18.8 Å². The first kappa shape index (κ1) is 9.52. The van der Waals surface area contributed by atoms with Crippen molar-refractivity contribution in [1.82, 2.24) is 5.43 Å². The van der Waals surface area contributed by atoms with Crippen LogP contribution in [-0.2, 0) is 4.79 Å². The molecule has 0 aliphatic heterocycles. The van der Waals surface area contributed by atoms with Crippen LogP contribution in [-0.4, -0.2) is 5.91 Å². The zero-order valence-electron chi connectivity index (χ0n) is 7.38. The molecule has 1 aliphatic carbocycles. The first-order valence-corrected chi connectivity index (χ1v) is 4.57. The van der Waals surface area contributed by atoms with Gasteiger partial charge in [0.15, 0.2) is 0 Å². The van der Waals surface area contributed by atoms with Crippen LogP contribution < -0.4 is 11.3 Å². The largest absolute Gasteiger partial charge is 0.294 e. The van der Waals surface area contributed by atoms with E-state index in [0.717, 1.165) is 6.42 Å². The van der Waals surface area contributed by atoms with Gasteiger partial charge in [-0.1, -0.05) is 25.7 Å². The fraction of sp³-hybridized carbons (Fsp3) is 0.778. The van der Waals surface area contributed by atoms with Gasteiger partial charge in [-0.15, -0.1) is 0 Å². The van der Waals surface area contributed by atoms with Crippen molar-refractivity contribution in [2.45, 2.75) is 32.1 Å². The number of hydrogen-bond donors (Lipinski definition) is 2. The van der Waals surface area contributed by atoms with Crippen molar-refractivity contribution in [3.63, 3.8) is 0 Å². The zero-order valence-corrected chi connectivity index (χ0v) is 7.38.